The molecule has 5 nitrogen and oxygen atoms in total. The molecule has 2 rings (SSSR count). The van der Waals surface area contributed by atoms with Crippen LogP contribution in [-0.4, -0.2) is 18.1 Å². The third kappa shape index (κ3) is 6.30. The standard InChI is InChI=1S/C20H23NO4/c1-15(2)18(19(22)24-13-16-9-5-3-6-10-16)21-20(23)25-14-17-11-7-4-8-12-17/h3-12,15,18H,13-14H2,1-2H3,(H,21,23)/t18-/m1/s1. The van der Waals surface area contributed by atoms with Crippen molar-refractivity contribution in [1.82, 2.24) is 5.32 Å². The Morgan fingerprint density at radius 2 is 1.32 bits per heavy atom. The first-order chi connectivity index (χ1) is 12.1. The Labute approximate surface area is 148 Å². The minimum atomic E-state index is -0.757. The fourth-order valence-corrected chi connectivity index (χ4v) is 2.21. The van der Waals surface area contributed by atoms with Crippen molar-refractivity contribution in [2.24, 2.45) is 5.92 Å². The fraction of sp³-hybridized carbons (Fsp3) is 0.300. The molecule has 0 spiro atoms. The van der Waals surface area contributed by atoms with Crippen molar-refractivity contribution in [3.8, 4) is 0 Å². The van der Waals surface area contributed by atoms with Crippen LogP contribution in [0.25, 0.3) is 0 Å². The highest BCUT2D eigenvalue weighted by Crippen LogP contribution is 2.08. The summed E-state index contributed by atoms with van der Waals surface area (Å²) in [6.45, 7) is 4.00. The number of esters is 1. The zero-order valence-electron chi connectivity index (χ0n) is 14.5. The van der Waals surface area contributed by atoms with Crippen molar-refractivity contribution in [2.75, 3.05) is 0 Å². The lowest BCUT2D eigenvalue weighted by Crippen LogP contribution is -2.45. The largest absolute Gasteiger partial charge is 0.459 e. The first kappa shape index (κ1) is 18.5. The molecule has 5 heteroatoms. The summed E-state index contributed by atoms with van der Waals surface area (Å²) in [5, 5.41) is 2.59. The van der Waals surface area contributed by atoms with Crippen molar-refractivity contribution < 1.29 is 19.1 Å². The summed E-state index contributed by atoms with van der Waals surface area (Å²) in [6.07, 6.45) is -0.640. The Hall–Kier alpha value is -2.82. The summed E-state index contributed by atoms with van der Waals surface area (Å²) in [6, 6.07) is 18.0. The first-order valence-corrected chi connectivity index (χ1v) is 8.24. The molecule has 25 heavy (non-hydrogen) atoms. The summed E-state index contributed by atoms with van der Waals surface area (Å²) < 4.78 is 10.5. The van der Waals surface area contributed by atoms with Gasteiger partial charge in [0.05, 0.1) is 0 Å². The third-order valence-electron chi connectivity index (χ3n) is 3.63. The zero-order chi connectivity index (χ0) is 18.1. The molecule has 0 fully saturated rings. The average molecular weight is 341 g/mol. The highest BCUT2D eigenvalue weighted by molar-refractivity contribution is 5.81. The molecule has 0 saturated heterocycles. The topological polar surface area (TPSA) is 64.6 Å². The summed E-state index contributed by atoms with van der Waals surface area (Å²) in [5.74, 6) is -0.594. The van der Waals surface area contributed by atoms with Crippen LogP contribution in [-0.2, 0) is 27.5 Å². The second kappa shape index (κ2) is 9.47. The van der Waals surface area contributed by atoms with E-state index in [1.807, 2.05) is 74.5 Å². The average Bonchev–Trinajstić information content (AvgIpc) is 2.64. The Balaban J connectivity index is 1.84. The normalized spacial score (nSPS) is 11.6. The molecular formula is C20H23NO4. The number of hydrogen-bond donors (Lipinski definition) is 1. The van der Waals surface area contributed by atoms with Crippen LogP contribution < -0.4 is 5.32 Å². The summed E-state index contributed by atoms with van der Waals surface area (Å²) in [4.78, 5) is 24.2. The maximum absolute atomic E-state index is 12.3. The lowest BCUT2D eigenvalue weighted by Gasteiger charge is -2.20. The van der Waals surface area contributed by atoms with Gasteiger partial charge in [-0.2, -0.15) is 0 Å². The molecule has 0 bridgehead atoms. The molecule has 2 aromatic rings. The van der Waals surface area contributed by atoms with Crippen LogP contribution in [0, 0.1) is 5.92 Å². The van der Waals surface area contributed by atoms with Gasteiger partial charge in [0, 0.05) is 0 Å². The van der Waals surface area contributed by atoms with Crippen molar-refractivity contribution in [2.45, 2.75) is 33.1 Å². The van der Waals surface area contributed by atoms with Crippen LogP contribution in [0.2, 0.25) is 0 Å². The number of hydrogen-bond acceptors (Lipinski definition) is 4. The second-order valence-corrected chi connectivity index (χ2v) is 6.02. The van der Waals surface area contributed by atoms with Crippen LogP contribution in [0.15, 0.2) is 60.7 Å². The van der Waals surface area contributed by atoms with E-state index in [-0.39, 0.29) is 19.1 Å². The van der Waals surface area contributed by atoms with Crippen molar-refractivity contribution in [3.63, 3.8) is 0 Å². The van der Waals surface area contributed by atoms with E-state index < -0.39 is 18.1 Å². The van der Waals surface area contributed by atoms with Crippen LogP contribution in [0.4, 0.5) is 4.79 Å². The van der Waals surface area contributed by atoms with Crippen molar-refractivity contribution in [1.29, 1.82) is 0 Å². The Morgan fingerprint density at radius 3 is 1.80 bits per heavy atom. The van der Waals surface area contributed by atoms with Gasteiger partial charge in [-0.25, -0.2) is 9.59 Å². The van der Waals surface area contributed by atoms with E-state index in [1.165, 1.54) is 0 Å². The van der Waals surface area contributed by atoms with E-state index in [1.54, 1.807) is 0 Å². The molecular weight excluding hydrogens is 318 g/mol. The van der Waals surface area contributed by atoms with E-state index >= 15 is 0 Å². The van der Waals surface area contributed by atoms with Gasteiger partial charge < -0.3 is 14.8 Å². The van der Waals surface area contributed by atoms with E-state index in [2.05, 4.69) is 5.32 Å². The molecule has 0 aliphatic rings. The van der Waals surface area contributed by atoms with Gasteiger partial charge in [-0.15, -0.1) is 0 Å². The van der Waals surface area contributed by atoms with Crippen molar-refractivity contribution in [3.05, 3.63) is 71.8 Å². The molecule has 0 radical (unpaired) electrons. The maximum Gasteiger partial charge on any atom is 0.408 e. The number of nitrogens with one attached hydrogen (secondary N) is 1. The third-order valence-corrected chi connectivity index (χ3v) is 3.63. The number of ether oxygens (including phenoxy) is 2. The molecule has 132 valence electrons. The molecule has 0 aliphatic carbocycles. The van der Waals surface area contributed by atoms with E-state index in [4.69, 9.17) is 9.47 Å². The predicted molar refractivity (Wildman–Crippen MR) is 94.6 cm³/mol. The minimum absolute atomic E-state index is 0.118. The molecule has 1 atom stereocenters. The number of alkyl carbamates (subject to hydrolysis) is 1. The molecule has 0 aliphatic heterocycles. The predicted octanol–water partition coefficient (Wildman–Crippen LogP) is 3.68. The Bertz CT molecular complexity index is 671. The first-order valence-electron chi connectivity index (χ1n) is 8.24. The number of amides is 1. The van der Waals surface area contributed by atoms with Crippen LogP contribution in [0.1, 0.15) is 25.0 Å². The second-order valence-electron chi connectivity index (χ2n) is 6.02. The number of carbonyl (C=O) groups is 2. The Morgan fingerprint density at radius 1 is 0.840 bits per heavy atom. The van der Waals surface area contributed by atoms with Gasteiger partial charge in [-0.1, -0.05) is 74.5 Å². The van der Waals surface area contributed by atoms with Gasteiger partial charge >= 0.3 is 12.1 Å². The monoisotopic (exact) mass is 341 g/mol. The van der Waals surface area contributed by atoms with Crippen LogP contribution in [0.3, 0.4) is 0 Å². The van der Waals surface area contributed by atoms with Gasteiger partial charge in [-0.05, 0) is 17.0 Å². The number of carbonyl (C=O) groups excluding carboxylic acids is 2. The maximum atomic E-state index is 12.3. The highest BCUT2D eigenvalue weighted by Gasteiger charge is 2.26. The van der Waals surface area contributed by atoms with Crippen LogP contribution in [0.5, 0.6) is 0 Å². The van der Waals surface area contributed by atoms with Gasteiger partial charge in [0.25, 0.3) is 0 Å². The number of benzene rings is 2. The smallest absolute Gasteiger partial charge is 0.408 e. The summed E-state index contributed by atoms with van der Waals surface area (Å²) in [5.41, 5.74) is 1.77. The minimum Gasteiger partial charge on any atom is -0.459 e. The molecule has 0 saturated carbocycles. The van der Waals surface area contributed by atoms with Gasteiger partial charge in [0.15, 0.2) is 0 Å². The van der Waals surface area contributed by atoms with Crippen LogP contribution >= 0.6 is 0 Å². The number of rotatable bonds is 7. The quantitative estimate of drug-likeness (QED) is 0.780. The van der Waals surface area contributed by atoms with E-state index in [0.717, 1.165) is 11.1 Å². The fourth-order valence-electron chi connectivity index (χ4n) is 2.21. The van der Waals surface area contributed by atoms with Gasteiger partial charge in [-0.3, -0.25) is 0 Å². The SMILES string of the molecule is CC(C)[C@@H](NC(=O)OCc1ccccc1)C(=O)OCc1ccccc1. The van der Waals surface area contributed by atoms with Gasteiger partial charge in [0.2, 0.25) is 0 Å². The summed E-state index contributed by atoms with van der Waals surface area (Å²) in [7, 11) is 0. The Kier molecular flexibility index (Phi) is 7.01. The molecule has 1 N–H and O–H groups in total. The van der Waals surface area contributed by atoms with E-state index in [9.17, 15) is 9.59 Å². The van der Waals surface area contributed by atoms with Gasteiger partial charge in [0.1, 0.15) is 19.3 Å². The molecule has 2 aromatic carbocycles. The highest BCUT2D eigenvalue weighted by atomic mass is 16.6. The molecule has 0 heterocycles. The molecule has 0 aromatic heterocycles. The molecule has 0 unspecified atom stereocenters. The zero-order valence-corrected chi connectivity index (χ0v) is 14.5. The van der Waals surface area contributed by atoms with Crippen molar-refractivity contribution >= 4 is 12.1 Å². The molecule has 1 amide bonds. The summed E-state index contributed by atoms with van der Waals surface area (Å²) >= 11 is 0. The lowest BCUT2D eigenvalue weighted by atomic mass is 10.1. The lowest BCUT2D eigenvalue weighted by molar-refractivity contribution is -0.148. The van der Waals surface area contributed by atoms with E-state index in [0.29, 0.717) is 0 Å².